The Bertz CT molecular complexity index is 980. The lowest BCUT2D eigenvalue weighted by Gasteiger charge is -2.32. The zero-order valence-corrected chi connectivity index (χ0v) is 19.9. The predicted octanol–water partition coefficient (Wildman–Crippen LogP) is 5.73. The Morgan fingerprint density at radius 2 is 1.61 bits per heavy atom. The summed E-state index contributed by atoms with van der Waals surface area (Å²) in [6.07, 6.45) is 2.33. The van der Waals surface area contributed by atoms with Gasteiger partial charge in [-0.05, 0) is 57.0 Å². The van der Waals surface area contributed by atoms with Gasteiger partial charge in [0.2, 0.25) is 0 Å². The largest absolute Gasteiger partial charge is 0.490 e. The van der Waals surface area contributed by atoms with Crippen molar-refractivity contribution in [3.8, 4) is 11.5 Å². The average molecular weight is 445 g/mol. The normalized spacial score (nSPS) is 14.8. The molecule has 3 aromatic rings. The number of likely N-dealkylation sites (tertiary alicyclic amines) is 1. The summed E-state index contributed by atoms with van der Waals surface area (Å²) in [6.45, 7) is 9.36. The van der Waals surface area contributed by atoms with E-state index in [9.17, 15) is 0 Å². The number of nitrogens with one attached hydrogen (secondary N) is 1. The van der Waals surface area contributed by atoms with Crippen molar-refractivity contribution in [1.29, 1.82) is 0 Å². The third-order valence-electron chi connectivity index (χ3n) is 6.28. The van der Waals surface area contributed by atoms with Gasteiger partial charge in [-0.1, -0.05) is 72.3 Å². The summed E-state index contributed by atoms with van der Waals surface area (Å²) >= 11 is 0. The molecule has 0 saturated carbocycles. The number of rotatable bonds is 10. The quantitative estimate of drug-likeness (QED) is 0.433. The van der Waals surface area contributed by atoms with Crippen LogP contribution in [0.15, 0.2) is 72.8 Å². The van der Waals surface area contributed by atoms with Gasteiger partial charge in [0.05, 0.1) is 6.61 Å². The van der Waals surface area contributed by atoms with Gasteiger partial charge in [-0.25, -0.2) is 0 Å². The van der Waals surface area contributed by atoms with Gasteiger partial charge in [0.15, 0.2) is 11.5 Å². The Morgan fingerprint density at radius 3 is 2.33 bits per heavy atom. The lowest BCUT2D eigenvalue weighted by Crippen LogP contribution is -2.41. The van der Waals surface area contributed by atoms with Crippen LogP contribution in [0.1, 0.15) is 42.0 Å². The maximum absolute atomic E-state index is 6.30. The number of benzene rings is 3. The van der Waals surface area contributed by atoms with E-state index in [1.807, 2.05) is 13.0 Å². The van der Waals surface area contributed by atoms with Crippen molar-refractivity contribution in [3.63, 3.8) is 0 Å². The van der Waals surface area contributed by atoms with Gasteiger partial charge in [-0.15, -0.1) is 0 Å². The third kappa shape index (κ3) is 6.83. The minimum atomic E-state index is 0.526. The van der Waals surface area contributed by atoms with Crippen molar-refractivity contribution >= 4 is 0 Å². The molecule has 3 aromatic carbocycles. The van der Waals surface area contributed by atoms with Crippen molar-refractivity contribution in [3.05, 3.63) is 95.1 Å². The number of para-hydroxylation sites is 1. The standard InChI is InChI=1S/C29H36N2O2/c1-3-32-28-11-7-10-26(29(28)33-22-25-14-12-23(2)13-15-25)20-30-27-16-18-31(19-17-27)21-24-8-5-4-6-9-24/h4-15,27,30H,3,16-22H2,1-2H3. The molecule has 0 radical (unpaired) electrons. The van der Waals surface area contributed by atoms with Gasteiger partial charge in [-0.3, -0.25) is 4.90 Å². The molecule has 1 saturated heterocycles. The first kappa shape index (κ1) is 23.3. The van der Waals surface area contributed by atoms with Crippen molar-refractivity contribution in [2.45, 2.75) is 52.4 Å². The van der Waals surface area contributed by atoms with Crippen molar-refractivity contribution in [1.82, 2.24) is 10.2 Å². The molecule has 0 bridgehead atoms. The highest BCUT2D eigenvalue weighted by Crippen LogP contribution is 2.32. The highest BCUT2D eigenvalue weighted by molar-refractivity contribution is 5.47. The molecule has 1 fully saturated rings. The van der Waals surface area contributed by atoms with Crippen LogP contribution >= 0.6 is 0 Å². The van der Waals surface area contributed by atoms with Gasteiger partial charge in [0.1, 0.15) is 6.61 Å². The number of hydrogen-bond acceptors (Lipinski definition) is 4. The van der Waals surface area contributed by atoms with Crippen LogP contribution in [0.3, 0.4) is 0 Å². The van der Waals surface area contributed by atoms with E-state index in [1.54, 1.807) is 0 Å². The van der Waals surface area contributed by atoms with Crippen LogP contribution in [0, 0.1) is 6.92 Å². The number of hydrogen-bond donors (Lipinski definition) is 1. The van der Waals surface area contributed by atoms with Crippen LogP contribution in [0.4, 0.5) is 0 Å². The molecule has 0 aliphatic carbocycles. The van der Waals surface area contributed by atoms with Crippen molar-refractivity contribution < 1.29 is 9.47 Å². The van der Waals surface area contributed by atoms with Crippen LogP contribution in [-0.2, 0) is 19.7 Å². The molecule has 1 aliphatic heterocycles. The third-order valence-corrected chi connectivity index (χ3v) is 6.28. The Kier molecular flexibility index (Phi) is 8.40. The van der Waals surface area contributed by atoms with Gasteiger partial charge in [-0.2, -0.15) is 0 Å². The first-order chi connectivity index (χ1) is 16.2. The van der Waals surface area contributed by atoms with E-state index in [-0.39, 0.29) is 0 Å². The molecule has 33 heavy (non-hydrogen) atoms. The molecule has 0 atom stereocenters. The fourth-order valence-electron chi connectivity index (χ4n) is 4.36. The van der Waals surface area contributed by atoms with Gasteiger partial charge >= 0.3 is 0 Å². The summed E-state index contributed by atoms with van der Waals surface area (Å²) in [6, 6.07) is 26.0. The second kappa shape index (κ2) is 11.9. The van der Waals surface area contributed by atoms with E-state index in [0.29, 0.717) is 19.3 Å². The highest BCUT2D eigenvalue weighted by atomic mass is 16.5. The van der Waals surface area contributed by atoms with E-state index in [2.05, 4.69) is 83.9 Å². The SMILES string of the molecule is CCOc1cccc(CNC2CCN(Cc3ccccc3)CC2)c1OCc1ccc(C)cc1. The van der Waals surface area contributed by atoms with E-state index in [4.69, 9.17) is 9.47 Å². The van der Waals surface area contributed by atoms with E-state index in [1.165, 1.54) is 11.1 Å². The molecule has 4 nitrogen and oxygen atoms in total. The van der Waals surface area contributed by atoms with Crippen molar-refractivity contribution in [2.24, 2.45) is 0 Å². The molecule has 4 rings (SSSR count). The van der Waals surface area contributed by atoms with Gasteiger partial charge in [0, 0.05) is 24.7 Å². The Balaban J connectivity index is 1.33. The second-order valence-electron chi connectivity index (χ2n) is 8.87. The smallest absolute Gasteiger partial charge is 0.166 e. The Hall–Kier alpha value is -2.82. The van der Waals surface area contributed by atoms with Crippen LogP contribution in [-0.4, -0.2) is 30.6 Å². The summed E-state index contributed by atoms with van der Waals surface area (Å²) in [5, 5.41) is 3.78. The number of nitrogens with zero attached hydrogens (tertiary/aromatic N) is 1. The Labute approximate surface area is 198 Å². The van der Waals surface area contributed by atoms with E-state index < -0.39 is 0 Å². The molecule has 4 heteroatoms. The zero-order valence-electron chi connectivity index (χ0n) is 19.9. The molecule has 1 aliphatic rings. The predicted molar refractivity (Wildman–Crippen MR) is 135 cm³/mol. The van der Waals surface area contributed by atoms with Crippen molar-refractivity contribution in [2.75, 3.05) is 19.7 Å². The maximum Gasteiger partial charge on any atom is 0.166 e. The topological polar surface area (TPSA) is 33.7 Å². The Morgan fingerprint density at radius 1 is 0.848 bits per heavy atom. The minimum absolute atomic E-state index is 0.526. The summed E-state index contributed by atoms with van der Waals surface area (Å²) in [7, 11) is 0. The fraction of sp³-hybridized carbons (Fsp3) is 0.379. The summed E-state index contributed by atoms with van der Waals surface area (Å²) in [4.78, 5) is 2.55. The second-order valence-corrected chi connectivity index (χ2v) is 8.87. The monoisotopic (exact) mass is 444 g/mol. The first-order valence-corrected chi connectivity index (χ1v) is 12.1. The average Bonchev–Trinajstić information content (AvgIpc) is 2.85. The van der Waals surface area contributed by atoms with Crippen LogP contribution in [0.25, 0.3) is 0 Å². The number of piperidine rings is 1. The molecular formula is C29H36N2O2. The summed E-state index contributed by atoms with van der Waals surface area (Å²) in [5.41, 5.74) is 4.97. The lowest BCUT2D eigenvalue weighted by atomic mass is 10.0. The molecule has 1 N–H and O–H groups in total. The summed E-state index contributed by atoms with van der Waals surface area (Å²) < 4.78 is 12.2. The van der Waals surface area contributed by atoms with Crippen LogP contribution in [0.2, 0.25) is 0 Å². The highest BCUT2D eigenvalue weighted by Gasteiger charge is 2.20. The van der Waals surface area contributed by atoms with E-state index in [0.717, 1.165) is 61.6 Å². The fourth-order valence-corrected chi connectivity index (χ4v) is 4.36. The van der Waals surface area contributed by atoms with Crippen LogP contribution in [0.5, 0.6) is 11.5 Å². The first-order valence-electron chi connectivity index (χ1n) is 12.1. The van der Waals surface area contributed by atoms with Gasteiger partial charge < -0.3 is 14.8 Å². The molecule has 0 aromatic heterocycles. The maximum atomic E-state index is 6.30. The summed E-state index contributed by atoms with van der Waals surface area (Å²) in [5.74, 6) is 1.68. The molecule has 0 unspecified atom stereocenters. The molecule has 174 valence electrons. The number of aryl methyl sites for hydroxylation is 1. The minimum Gasteiger partial charge on any atom is -0.490 e. The zero-order chi connectivity index (χ0) is 22.9. The lowest BCUT2D eigenvalue weighted by molar-refractivity contribution is 0.189. The van der Waals surface area contributed by atoms with E-state index >= 15 is 0 Å². The molecule has 1 heterocycles. The number of ether oxygens (including phenoxy) is 2. The molecule has 0 amide bonds. The van der Waals surface area contributed by atoms with Gasteiger partial charge in [0.25, 0.3) is 0 Å². The van der Waals surface area contributed by atoms with Crippen LogP contribution < -0.4 is 14.8 Å². The molecular weight excluding hydrogens is 408 g/mol. The molecule has 0 spiro atoms.